The van der Waals surface area contributed by atoms with Gasteiger partial charge < -0.3 is 9.47 Å². The van der Waals surface area contributed by atoms with Crippen molar-refractivity contribution >= 4 is 33.9 Å². The van der Waals surface area contributed by atoms with Crippen LogP contribution in [0.5, 0.6) is 0 Å². The number of alkyl carbamates (subject to hydrolysis) is 1. The molecule has 0 heterocycles. The molecule has 0 spiro atoms. The Labute approximate surface area is 158 Å². The van der Waals surface area contributed by atoms with Crippen LogP contribution in [0.15, 0.2) is 12.2 Å². The van der Waals surface area contributed by atoms with Crippen molar-refractivity contribution in [3.8, 4) is 0 Å². The third-order valence-corrected chi connectivity index (χ3v) is 3.92. The van der Waals surface area contributed by atoms with Crippen molar-refractivity contribution in [3.05, 3.63) is 12.2 Å². The second-order valence-electron chi connectivity index (χ2n) is 5.85. The molecule has 0 saturated heterocycles. The fourth-order valence-electron chi connectivity index (χ4n) is 1.91. The summed E-state index contributed by atoms with van der Waals surface area (Å²) in [6.45, 7) is 5.57. The first-order valence-electron chi connectivity index (χ1n) is 8.84. The summed E-state index contributed by atoms with van der Waals surface area (Å²) in [6, 6.07) is 0. The quantitative estimate of drug-likeness (QED) is 0.197. The van der Waals surface area contributed by atoms with E-state index < -0.39 is 6.09 Å². The van der Waals surface area contributed by atoms with Gasteiger partial charge in [0.15, 0.2) is 0 Å². The number of hydrogen-bond donors (Lipinski definition) is 1. The predicted octanol–water partition coefficient (Wildman–Crippen LogP) is 4.26. The van der Waals surface area contributed by atoms with Gasteiger partial charge in [-0.1, -0.05) is 55.1 Å². The van der Waals surface area contributed by atoms with Crippen LogP contribution in [0.2, 0.25) is 0 Å². The van der Waals surface area contributed by atoms with Gasteiger partial charge in [0.1, 0.15) is 13.2 Å². The molecule has 0 aromatic rings. The summed E-state index contributed by atoms with van der Waals surface area (Å²) in [5, 5.41) is 3.15. The van der Waals surface area contributed by atoms with E-state index >= 15 is 0 Å². The minimum Gasteiger partial charge on any atom is -0.461 e. The molecule has 0 bridgehead atoms. The Morgan fingerprint density at radius 1 is 0.920 bits per heavy atom. The van der Waals surface area contributed by atoms with Gasteiger partial charge in [-0.15, -0.1) is 0 Å². The molecule has 7 heteroatoms. The molecule has 0 aromatic heterocycles. The van der Waals surface area contributed by atoms with Crippen LogP contribution >= 0.6 is 15.9 Å². The Balaban J connectivity index is 3.66. The molecular formula is C18H30BrNO5. The van der Waals surface area contributed by atoms with Gasteiger partial charge in [0.05, 0.1) is 0 Å². The van der Waals surface area contributed by atoms with Crippen molar-refractivity contribution < 1.29 is 23.9 Å². The maximum atomic E-state index is 11.6. The summed E-state index contributed by atoms with van der Waals surface area (Å²) in [7, 11) is 0. The van der Waals surface area contributed by atoms with Gasteiger partial charge in [-0.3, -0.25) is 14.9 Å². The van der Waals surface area contributed by atoms with Gasteiger partial charge in [-0.25, -0.2) is 4.79 Å². The van der Waals surface area contributed by atoms with Crippen molar-refractivity contribution in [2.75, 3.05) is 18.5 Å². The molecule has 144 valence electrons. The standard InChI is InChI=1S/C18H30BrNO5/c1-3-4-10-16(21)20-18(23)25-14-15(2)13-24-17(22)11-8-6-5-7-9-12-19/h2-14H2,1H3,(H,20,21,23). The summed E-state index contributed by atoms with van der Waals surface area (Å²) in [4.78, 5) is 34.3. The second kappa shape index (κ2) is 16.1. The van der Waals surface area contributed by atoms with E-state index in [1.54, 1.807) is 0 Å². The van der Waals surface area contributed by atoms with E-state index in [0.717, 1.165) is 50.3 Å². The summed E-state index contributed by atoms with van der Waals surface area (Å²) in [6.07, 6.45) is 6.72. The van der Waals surface area contributed by atoms with Crippen molar-refractivity contribution in [2.24, 2.45) is 0 Å². The van der Waals surface area contributed by atoms with E-state index in [2.05, 4.69) is 27.8 Å². The monoisotopic (exact) mass is 419 g/mol. The fourth-order valence-corrected chi connectivity index (χ4v) is 2.30. The highest BCUT2D eigenvalue weighted by molar-refractivity contribution is 9.09. The zero-order chi connectivity index (χ0) is 18.9. The Morgan fingerprint density at radius 3 is 2.24 bits per heavy atom. The first kappa shape index (κ1) is 23.6. The molecule has 2 amide bonds. The topological polar surface area (TPSA) is 81.7 Å². The Bertz CT molecular complexity index is 426. The second-order valence-corrected chi connectivity index (χ2v) is 6.64. The number of unbranched alkanes of at least 4 members (excludes halogenated alkanes) is 5. The molecular weight excluding hydrogens is 390 g/mol. The summed E-state index contributed by atoms with van der Waals surface area (Å²) >= 11 is 3.38. The van der Waals surface area contributed by atoms with E-state index in [1.807, 2.05) is 6.92 Å². The molecule has 0 aliphatic carbocycles. The van der Waals surface area contributed by atoms with Crippen molar-refractivity contribution in [1.29, 1.82) is 0 Å². The lowest BCUT2D eigenvalue weighted by atomic mass is 10.1. The normalized spacial score (nSPS) is 10.2. The average Bonchev–Trinajstić information content (AvgIpc) is 2.59. The van der Waals surface area contributed by atoms with Crippen molar-refractivity contribution in [3.63, 3.8) is 0 Å². The third kappa shape index (κ3) is 15.9. The number of imide groups is 1. The molecule has 0 atom stereocenters. The van der Waals surface area contributed by atoms with E-state index in [9.17, 15) is 14.4 Å². The summed E-state index contributed by atoms with van der Waals surface area (Å²) in [5.74, 6) is -0.638. The summed E-state index contributed by atoms with van der Waals surface area (Å²) in [5.41, 5.74) is 0.460. The molecule has 0 unspecified atom stereocenters. The van der Waals surface area contributed by atoms with Gasteiger partial charge in [-0.05, 0) is 24.8 Å². The van der Waals surface area contributed by atoms with Gasteiger partial charge in [0, 0.05) is 18.2 Å². The van der Waals surface area contributed by atoms with Crippen molar-refractivity contribution in [1.82, 2.24) is 5.32 Å². The number of hydrogen-bond acceptors (Lipinski definition) is 5. The van der Waals surface area contributed by atoms with Crippen LogP contribution in [0.4, 0.5) is 4.79 Å². The first-order chi connectivity index (χ1) is 12.0. The SMILES string of the molecule is C=C(COC(=O)CCCCCCCBr)COC(=O)NC(=O)CCCC. The number of carbonyl (C=O) groups is 3. The number of nitrogens with one attached hydrogen (secondary N) is 1. The molecule has 0 rings (SSSR count). The highest BCUT2D eigenvalue weighted by Gasteiger charge is 2.10. The lowest BCUT2D eigenvalue weighted by molar-refractivity contribution is -0.142. The van der Waals surface area contributed by atoms with E-state index in [1.165, 1.54) is 0 Å². The molecule has 0 saturated carbocycles. The molecule has 0 aliphatic rings. The maximum absolute atomic E-state index is 11.6. The van der Waals surface area contributed by atoms with Crippen LogP contribution in [0.1, 0.15) is 64.7 Å². The van der Waals surface area contributed by atoms with Crippen LogP contribution in [0, 0.1) is 0 Å². The number of halogens is 1. The smallest absolute Gasteiger partial charge is 0.414 e. The maximum Gasteiger partial charge on any atom is 0.414 e. The Hall–Kier alpha value is -1.37. The van der Waals surface area contributed by atoms with Gasteiger partial charge >= 0.3 is 12.1 Å². The number of esters is 1. The number of rotatable bonds is 14. The van der Waals surface area contributed by atoms with Crippen LogP contribution < -0.4 is 5.32 Å². The predicted molar refractivity (Wildman–Crippen MR) is 101 cm³/mol. The van der Waals surface area contributed by atoms with Crippen LogP contribution in [0.3, 0.4) is 0 Å². The minimum atomic E-state index is -0.808. The largest absolute Gasteiger partial charge is 0.461 e. The number of alkyl halides is 1. The lowest BCUT2D eigenvalue weighted by Gasteiger charge is -2.09. The minimum absolute atomic E-state index is 0.0134. The van der Waals surface area contributed by atoms with Gasteiger partial charge in [0.25, 0.3) is 0 Å². The zero-order valence-corrected chi connectivity index (χ0v) is 16.7. The van der Waals surface area contributed by atoms with Crippen molar-refractivity contribution in [2.45, 2.75) is 64.7 Å². The Kier molecular flexibility index (Phi) is 15.2. The lowest BCUT2D eigenvalue weighted by Crippen LogP contribution is -2.31. The van der Waals surface area contributed by atoms with E-state index in [-0.39, 0.29) is 25.1 Å². The molecule has 0 fully saturated rings. The first-order valence-corrected chi connectivity index (χ1v) is 9.96. The molecule has 0 aliphatic heterocycles. The van der Waals surface area contributed by atoms with Gasteiger partial charge in [0.2, 0.25) is 5.91 Å². The molecule has 1 N–H and O–H groups in total. The average molecular weight is 420 g/mol. The number of ether oxygens (including phenoxy) is 2. The van der Waals surface area contributed by atoms with Crippen LogP contribution in [-0.2, 0) is 19.1 Å². The zero-order valence-electron chi connectivity index (χ0n) is 15.1. The van der Waals surface area contributed by atoms with Crippen LogP contribution in [0.25, 0.3) is 0 Å². The molecule has 25 heavy (non-hydrogen) atoms. The molecule has 0 aromatic carbocycles. The van der Waals surface area contributed by atoms with E-state index in [0.29, 0.717) is 18.4 Å². The fraction of sp³-hybridized carbons (Fsp3) is 0.722. The van der Waals surface area contributed by atoms with E-state index in [4.69, 9.17) is 9.47 Å². The highest BCUT2D eigenvalue weighted by Crippen LogP contribution is 2.07. The van der Waals surface area contributed by atoms with Crippen LogP contribution in [-0.4, -0.2) is 36.5 Å². The number of amides is 2. The highest BCUT2D eigenvalue weighted by atomic mass is 79.9. The number of carbonyl (C=O) groups excluding carboxylic acids is 3. The molecule has 6 nitrogen and oxygen atoms in total. The van der Waals surface area contributed by atoms with Gasteiger partial charge in [-0.2, -0.15) is 0 Å². The third-order valence-electron chi connectivity index (χ3n) is 3.36. The summed E-state index contributed by atoms with van der Waals surface area (Å²) < 4.78 is 9.93. The molecule has 0 radical (unpaired) electrons. The Morgan fingerprint density at radius 2 is 1.56 bits per heavy atom.